The minimum atomic E-state index is -0.516. The molecular formula is C10H11NO2. The van der Waals surface area contributed by atoms with E-state index in [0.717, 1.165) is 5.56 Å². The molecule has 0 atom stereocenters. The average molecular weight is 177 g/mol. The lowest BCUT2D eigenvalue weighted by Gasteiger charge is -2.03. The monoisotopic (exact) mass is 177 g/mol. The molecule has 2 N–H and O–H groups in total. The molecule has 3 heteroatoms. The minimum Gasteiger partial charge on any atom is -0.370 e. The van der Waals surface area contributed by atoms with Crippen LogP contribution in [0.5, 0.6) is 0 Å². The highest BCUT2D eigenvalue weighted by Gasteiger charge is 2.09. The second kappa shape index (κ2) is 4.42. The van der Waals surface area contributed by atoms with Gasteiger partial charge < -0.3 is 4.84 Å². The van der Waals surface area contributed by atoms with Crippen LogP contribution in [0, 0.1) is 0 Å². The first kappa shape index (κ1) is 9.48. The second-order valence-electron chi connectivity index (χ2n) is 2.56. The quantitative estimate of drug-likeness (QED) is 0.561. The van der Waals surface area contributed by atoms with Gasteiger partial charge in [-0.1, -0.05) is 24.3 Å². The van der Waals surface area contributed by atoms with E-state index in [4.69, 9.17) is 5.90 Å². The Bertz CT molecular complexity index is 320. The molecule has 0 aromatic heterocycles. The van der Waals surface area contributed by atoms with Crippen LogP contribution in [-0.2, 0) is 11.3 Å². The molecular weight excluding hydrogens is 166 g/mol. The molecule has 0 unspecified atom stereocenters. The van der Waals surface area contributed by atoms with E-state index >= 15 is 0 Å². The van der Waals surface area contributed by atoms with Gasteiger partial charge in [0.2, 0.25) is 0 Å². The summed E-state index contributed by atoms with van der Waals surface area (Å²) in [6.45, 7) is 3.60. The fourth-order valence-corrected chi connectivity index (χ4v) is 1.12. The maximum Gasteiger partial charge on any atom is 0.356 e. The Morgan fingerprint density at radius 3 is 2.85 bits per heavy atom. The van der Waals surface area contributed by atoms with Gasteiger partial charge in [-0.25, -0.2) is 4.79 Å². The molecule has 0 saturated carbocycles. The number of allylic oxidation sites excluding steroid dienone is 1. The highest BCUT2D eigenvalue weighted by Crippen LogP contribution is 2.10. The van der Waals surface area contributed by atoms with Gasteiger partial charge in [0.1, 0.15) is 0 Å². The van der Waals surface area contributed by atoms with Crippen molar-refractivity contribution in [3.63, 3.8) is 0 Å². The smallest absolute Gasteiger partial charge is 0.356 e. The molecule has 0 radical (unpaired) electrons. The highest BCUT2D eigenvalue weighted by atomic mass is 16.7. The number of hydrogen-bond donors (Lipinski definition) is 1. The Morgan fingerprint density at radius 1 is 1.54 bits per heavy atom. The summed E-state index contributed by atoms with van der Waals surface area (Å²) in [5.74, 6) is 4.28. The van der Waals surface area contributed by atoms with E-state index in [1.165, 1.54) is 0 Å². The SMILES string of the molecule is C=CCc1ccccc1C(=O)ON. The number of benzene rings is 1. The zero-order chi connectivity index (χ0) is 9.68. The molecule has 68 valence electrons. The lowest BCUT2D eigenvalue weighted by Crippen LogP contribution is -2.12. The highest BCUT2D eigenvalue weighted by molar-refractivity contribution is 5.90. The average Bonchev–Trinajstić information content (AvgIpc) is 2.18. The molecule has 1 aromatic rings. The second-order valence-corrected chi connectivity index (χ2v) is 2.56. The van der Waals surface area contributed by atoms with Gasteiger partial charge >= 0.3 is 5.97 Å². The Hall–Kier alpha value is -1.61. The van der Waals surface area contributed by atoms with Crippen molar-refractivity contribution in [3.8, 4) is 0 Å². The van der Waals surface area contributed by atoms with E-state index < -0.39 is 5.97 Å². The zero-order valence-electron chi connectivity index (χ0n) is 7.19. The molecule has 3 nitrogen and oxygen atoms in total. The van der Waals surface area contributed by atoms with Crippen LogP contribution < -0.4 is 5.90 Å². The fraction of sp³-hybridized carbons (Fsp3) is 0.100. The van der Waals surface area contributed by atoms with Crippen molar-refractivity contribution in [1.29, 1.82) is 0 Å². The normalized spacial score (nSPS) is 9.31. The van der Waals surface area contributed by atoms with Gasteiger partial charge in [0.05, 0.1) is 5.56 Å². The van der Waals surface area contributed by atoms with Crippen LogP contribution in [0.1, 0.15) is 15.9 Å². The first-order valence-electron chi connectivity index (χ1n) is 3.89. The number of rotatable bonds is 3. The van der Waals surface area contributed by atoms with Crippen LogP contribution in [0.3, 0.4) is 0 Å². The first-order chi connectivity index (χ1) is 6.29. The fourth-order valence-electron chi connectivity index (χ4n) is 1.12. The summed E-state index contributed by atoms with van der Waals surface area (Å²) in [4.78, 5) is 15.3. The Kier molecular flexibility index (Phi) is 3.23. The number of carbonyl (C=O) groups excluding carboxylic acids is 1. The Balaban J connectivity index is 3.03. The van der Waals surface area contributed by atoms with Gasteiger partial charge in [-0.15, -0.1) is 6.58 Å². The van der Waals surface area contributed by atoms with E-state index in [9.17, 15) is 4.79 Å². The van der Waals surface area contributed by atoms with Crippen LogP contribution in [-0.4, -0.2) is 5.97 Å². The lowest BCUT2D eigenvalue weighted by atomic mass is 10.1. The van der Waals surface area contributed by atoms with Gasteiger partial charge in [0, 0.05) is 0 Å². The van der Waals surface area contributed by atoms with E-state index in [2.05, 4.69) is 11.4 Å². The van der Waals surface area contributed by atoms with Crippen molar-refractivity contribution in [1.82, 2.24) is 0 Å². The van der Waals surface area contributed by atoms with Crippen molar-refractivity contribution in [2.75, 3.05) is 0 Å². The molecule has 0 amide bonds. The van der Waals surface area contributed by atoms with Crippen molar-refractivity contribution in [2.45, 2.75) is 6.42 Å². The third-order valence-corrected chi connectivity index (χ3v) is 1.71. The molecule has 1 aromatic carbocycles. The van der Waals surface area contributed by atoms with Crippen LogP contribution >= 0.6 is 0 Å². The topological polar surface area (TPSA) is 52.3 Å². The summed E-state index contributed by atoms with van der Waals surface area (Å²) in [5, 5.41) is 0. The van der Waals surface area contributed by atoms with Gasteiger partial charge in [0.15, 0.2) is 0 Å². The maximum atomic E-state index is 11.1. The molecule has 13 heavy (non-hydrogen) atoms. The molecule has 0 aliphatic rings. The summed E-state index contributed by atoms with van der Waals surface area (Å²) in [6.07, 6.45) is 2.36. The van der Waals surface area contributed by atoms with E-state index in [-0.39, 0.29) is 0 Å². The van der Waals surface area contributed by atoms with Crippen molar-refractivity contribution in [2.24, 2.45) is 5.90 Å². The number of carbonyl (C=O) groups is 1. The predicted molar refractivity (Wildman–Crippen MR) is 49.9 cm³/mol. The third kappa shape index (κ3) is 2.16. The van der Waals surface area contributed by atoms with Gasteiger partial charge in [0.25, 0.3) is 0 Å². The van der Waals surface area contributed by atoms with Crippen LogP contribution in [0.25, 0.3) is 0 Å². The molecule has 0 bridgehead atoms. The molecule has 0 aliphatic carbocycles. The van der Waals surface area contributed by atoms with Crippen molar-refractivity contribution < 1.29 is 9.63 Å². The molecule has 0 aliphatic heterocycles. The summed E-state index contributed by atoms with van der Waals surface area (Å²) in [7, 11) is 0. The van der Waals surface area contributed by atoms with Crippen molar-refractivity contribution >= 4 is 5.97 Å². The molecule has 0 fully saturated rings. The van der Waals surface area contributed by atoms with Crippen LogP contribution in [0.4, 0.5) is 0 Å². The maximum absolute atomic E-state index is 11.1. The molecule has 1 rings (SSSR count). The molecule has 0 saturated heterocycles. The third-order valence-electron chi connectivity index (χ3n) is 1.71. The van der Waals surface area contributed by atoms with Crippen LogP contribution in [0.2, 0.25) is 0 Å². The van der Waals surface area contributed by atoms with Gasteiger partial charge in [-0.3, -0.25) is 0 Å². The van der Waals surface area contributed by atoms with E-state index in [1.54, 1.807) is 18.2 Å². The first-order valence-corrected chi connectivity index (χ1v) is 3.89. The van der Waals surface area contributed by atoms with E-state index in [1.807, 2.05) is 12.1 Å². The predicted octanol–water partition coefficient (Wildman–Crippen LogP) is 1.45. The Morgan fingerprint density at radius 2 is 2.23 bits per heavy atom. The lowest BCUT2D eigenvalue weighted by molar-refractivity contribution is 0.0502. The summed E-state index contributed by atoms with van der Waals surface area (Å²) in [6, 6.07) is 7.13. The summed E-state index contributed by atoms with van der Waals surface area (Å²) in [5.41, 5.74) is 1.36. The van der Waals surface area contributed by atoms with Crippen LogP contribution in [0.15, 0.2) is 36.9 Å². The van der Waals surface area contributed by atoms with E-state index in [0.29, 0.717) is 12.0 Å². The number of hydrogen-bond acceptors (Lipinski definition) is 3. The minimum absolute atomic E-state index is 0.491. The van der Waals surface area contributed by atoms with Gasteiger partial charge in [-0.2, -0.15) is 5.90 Å². The molecule has 0 spiro atoms. The summed E-state index contributed by atoms with van der Waals surface area (Å²) < 4.78 is 0. The van der Waals surface area contributed by atoms with Crippen molar-refractivity contribution in [3.05, 3.63) is 48.0 Å². The number of nitrogens with two attached hydrogens (primary N) is 1. The zero-order valence-corrected chi connectivity index (χ0v) is 7.19. The molecule has 0 heterocycles. The Labute approximate surface area is 76.8 Å². The largest absolute Gasteiger partial charge is 0.370 e. The summed E-state index contributed by atoms with van der Waals surface area (Å²) >= 11 is 0. The van der Waals surface area contributed by atoms with Gasteiger partial charge in [-0.05, 0) is 18.1 Å². The standard InChI is InChI=1S/C10H11NO2/c1-2-5-8-6-3-4-7-9(8)10(12)13-11/h2-4,6-7H,1,5,11H2.